The predicted octanol–water partition coefficient (Wildman–Crippen LogP) is 2.70. The minimum atomic E-state index is -0.384. The Bertz CT molecular complexity index is 1050. The highest BCUT2D eigenvalue weighted by Gasteiger charge is 2.12. The molecule has 0 aliphatic heterocycles. The van der Waals surface area contributed by atoms with Gasteiger partial charge in [-0.3, -0.25) is 9.89 Å². The summed E-state index contributed by atoms with van der Waals surface area (Å²) in [4.78, 5) is 12.1. The van der Waals surface area contributed by atoms with Crippen LogP contribution in [0.1, 0.15) is 22.5 Å². The van der Waals surface area contributed by atoms with Crippen molar-refractivity contribution in [3.63, 3.8) is 0 Å². The van der Waals surface area contributed by atoms with Crippen molar-refractivity contribution in [3.8, 4) is 0 Å². The van der Waals surface area contributed by atoms with E-state index >= 15 is 0 Å². The summed E-state index contributed by atoms with van der Waals surface area (Å²) < 4.78 is 2.87. The fourth-order valence-electron chi connectivity index (χ4n) is 2.27. The second kappa shape index (κ2) is 7.12. The highest BCUT2D eigenvalue weighted by molar-refractivity contribution is 7.71. The van der Waals surface area contributed by atoms with Gasteiger partial charge in [0.15, 0.2) is 0 Å². The Morgan fingerprint density at radius 3 is 2.72 bits per heavy atom. The maximum Gasteiger partial charge on any atom is 0.296 e. The molecule has 0 fully saturated rings. The van der Waals surface area contributed by atoms with Gasteiger partial charge in [0.2, 0.25) is 4.77 Å². The molecule has 3 rings (SSSR count). The largest absolute Gasteiger partial charge is 0.296 e. The second-order valence-electron chi connectivity index (χ2n) is 5.41. The van der Waals surface area contributed by atoms with Gasteiger partial charge in [-0.25, -0.2) is 4.68 Å². The van der Waals surface area contributed by atoms with E-state index in [1.54, 1.807) is 11.6 Å². The maximum atomic E-state index is 12.1. The number of rotatable bonds is 4. The molecule has 128 valence electrons. The Kier molecular flexibility index (Phi) is 4.91. The fraction of sp³-hybridized carbons (Fsp3) is 0.188. The molecule has 2 heterocycles. The zero-order chi connectivity index (χ0) is 18.0. The molecule has 1 N–H and O–H groups in total. The van der Waals surface area contributed by atoms with Crippen molar-refractivity contribution in [2.75, 3.05) is 0 Å². The average Bonchev–Trinajstić information content (AvgIpc) is 2.86. The molecule has 0 aliphatic carbocycles. The number of nitrogens with zero attached hydrogens (tertiary/aromatic N) is 5. The molecule has 25 heavy (non-hydrogen) atoms. The first kappa shape index (κ1) is 17.2. The molecule has 3 aromatic rings. The van der Waals surface area contributed by atoms with E-state index in [4.69, 9.17) is 23.8 Å². The lowest BCUT2D eigenvalue weighted by atomic mass is 10.2. The van der Waals surface area contributed by atoms with Gasteiger partial charge in [0.25, 0.3) is 5.56 Å². The number of aryl methyl sites for hydroxylation is 2. The monoisotopic (exact) mass is 374 g/mol. The number of aromatic amines is 1. The Hall–Kier alpha value is -2.58. The maximum absolute atomic E-state index is 12.1. The van der Waals surface area contributed by atoms with Gasteiger partial charge in [-0.1, -0.05) is 41.9 Å². The van der Waals surface area contributed by atoms with Gasteiger partial charge < -0.3 is 0 Å². The van der Waals surface area contributed by atoms with E-state index in [2.05, 4.69) is 20.4 Å². The zero-order valence-corrected chi connectivity index (χ0v) is 15.2. The van der Waals surface area contributed by atoms with Crippen molar-refractivity contribution in [1.29, 1.82) is 0 Å². The van der Waals surface area contributed by atoms with E-state index in [1.807, 2.05) is 37.3 Å². The van der Waals surface area contributed by atoms with Crippen LogP contribution in [-0.2, 0) is 6.54 Å². The molecule has 7 nitrogen and oxygen atoms in total. The standard InChI is InChI=1S/C16H15ClN6OS/c1-10-13(8-18-23-15(24)11(2)19-20-16(23)25)14(17)22(21-10)9-12-6-4-3-5-7-12/h3-8H,9H2,1-2H3,(H,20,25). The first-order valence-corrected chi connectivity index (χ1v) is 8.25. The third kappa shape index (κ3) is 3.59. The van der Waals surface area contributed by atoms with Crippen molar-refractivity contribution in [1.82, 2.24) is 24.7 Å². The normalized spacial score (nSPS) is 11.3. The van der Waals surface area contributed by atoms with Crippen molar-refractivity contribution < 1.29 is 0 Å². The number of hydrogen-bond donors (Lipinski definition) is 1. The topological polar surface area (TPSA) is 80.9 Å². The molecule has 0 radical (unpaired) electrons. The van der Waals surface area contributed by atoms with E-state index in [0.29, 0.717) is 23.0 Å². The Labute approximate surface area is 153 Å². The number of halogens is 1. The van der Waals surface area contributed by atoms with Crippen molar-refractivity contribution >= 4 is 30.0 Å². The fourth-order valence-corrected chi connectivity index (χ4v) is 2.73. The quantitative estimate of drug-likeness (QED) is 0.562. The molecule has 0 aliphatic rings. The lowest BCUT2D eigenvalue weighted by Gasteiger charge is -2.03. The summed E-state index contributed by atoms with van der Waals surface area (Å²) >= 11 is 11.5. The molecule has 0 amide bonds. The van der Waals surface area contributed by atoms with E-state index in [1.165, 1.54) is 6.21 Å². The van der Waals surface area contributed by atoms with Gasteiger partial charge in [-0.2, -0.15) is 20.0 Å². The third-order valence-electron chi connectivity index (χ3n) is 3.60. The molecule has 1 aromatic carbocycles. The molecular formula is C16H15ClN6OS. The zero-order valence-electron chi connectivity index (χ0n) is 13.6. The van der Waals surface area contributed by atoms with Crippen molar-refractivity contribution in [2.24, 2.45) is 5.10 Å². The lowest BCUT2D eigenvalue weighted by Crippen LogP contribution is -2.22. The minimum Gasteiger partial charge on any atom is -0.265 e. The molecule has 2 aromatic heterocycles. The number of aromatic nitrogens is 5. The summed E-state index contributed by atoms with van der Waals surface area (Å²) in [5.74, 6) is 0. The van der Waals surface area contributed by atoms with Crippen molar-refractivity contribution in [2.45, 2.75) is 20.4 Å². The van der Waals surface area contributed by atoms with Crippen LogP contribution in [0.25, 0.3) is 0 Å². The van der Waals surface area contributed by atoms with Crippen LogP contribution in [0.4, 0.5) is 0 Å². The molecule has 9 heteroatoms. The van der Waals surface area contributed by atoms with E-state index < -0.39 is 0 Å². The van der Waals surface area contributed by atoms with Gasteiger partial charge >= 0.3 is 0 Å². The van der Waals surface area contributed by atoms with Crippen LogP contribution in [0.5, 0.6) is 0 Å². The summed E-state index contributed by atoms with van der Waals surface area (Å²) in [6.45, 7) is 3.95. The predicted molar refractivity (Wildman–Crippen MR) is 98.9 cm³/mol. The highest BCUT2D eigenvalue weighted by Crippen LogP contribution is 2.19. The number of hydrogen-bond acceptors (Lipinski definition) is 5. The third-order valence-corrected chi connectivity index (χ3v) is 4.26. The SMILES string of the molecule is Cc1nn(Cc2ccccc2)c(Cl)c1C=Nn1c(=S)[nH]nc(C)c1=O. The summed E-state index contributed by atoms with van der Waals surface area (Å²) in [6, 6.07) is 9.87. The molecule has 0 saturated carbocycles. The van der Waals surface area contributed by atoms with E-state index in [0.717, 1.165) is 10.2 Å². The summed E-state index contributed by atoms with van der Waals surface area (Å²) in [5, 5.41) is 15.4. The first-order valence-electron chi connectivity index (χ1n) is 7.47. The molecule has 0 spiro atoms. The van der Waals surface area contributed by atoms with Gasteiger partial charge in [-0.05, 0) is 31.6 Å². The van der Waals surface area contributed by atoms with Gasteiger partial charge in [0.1, 0.15) is 10.8 Å². The number of benzene rings is 1. The lowest BCUT2D eigenvalue weighted by molar-refractivity contribution is 0.680. The minimum absolute atomic E-state index is 0.109. The molecule has 0 saturated heterocycles. The first-order chi connectivity index (χ1) is 12.0. The molecule has 0 unspecified atom stereocenters. The van der Waals surface area contributed by atoms with E-state index in [9.17, 15) is 4.79 Å². The van der Waals surface area contributed by atoms with Crippen LogP contribution in [0.3, 0.4) is 0 Å². The number of nitrogens with one attached hydrogen (secondary N) is 1. The van der Waals surface area contributed by atoms with Gasteiger partial charge in [0, 0.05) is 0 Å². The van der Waals surface area contributed by atoms with Crippen LogP contribution >= 0.6 is 23.8 Å². The highest BCUT2D eigenvalue weighted by atomic mass is 35.5. The summed E-state index contributed by atoms with van der Waals surface area (Å²) in [5.41, 5.74) is 2.31. The molecular weight excluding hydrogens is 360 g/mol. The van der Waals surface area contributed by atoms with Crippen LogP contribution in [0.2, 0.25) is 5.15 Å². The van der Waals surface area contributed by atoms with Crippen LogP contribution in [-0.4, -0.2) is 30.9 Å². The second-order valence-corrected chi connectivity index (χ2v) is 6.15. The Morgan fingerprint density at radius 1 is 1.28 bits per heavy atom. The van der Waals surface area contributed by atoms with Gasteiger partial charge in [0.05, 0.1) is 24.0 Å². The van der Waals surface area contributed by atoms with Crippen LogP contribution in [0, 0.1) is 18.6 Å². The Morgan fingerprint density at radius 2 is 2.00 bits per heavy atom. The average molecular weight is 375 g/mol. The summed E-state index contributed by atoms with van der Waals surface area (Å²) in [7, 11) is 0. The van der Waals surface area contributed by atoms with Crippen LogP contribution < -0.4 is 5.56 Å². The molecule has 0 bridgehead atoms. The smallest absolute Gasteiger partial charge is 0.265 e. The van der Waals surface area contributed by atoms with Gasteiger partial charge in [-0.15, -0.1) is 0 Å². The molecule has 0 atom stereocenters. The number of H-pyrrole nitrogens is 1. The Balaban J connectivity index is 1.96. The van der Waals surface area contributed by atoms with Crippen molar-refractivity contribution in [3.05, 3.63) is 73.1 Å². The van der Waals surface area contributed by atoms with Crippen LogP contribution in [0.15, 0.2) is 40.2 Å². The summed E-state index contributed by atoms with van der Waals surface area (Å²) in [6.07, 6.45) is 1.48. The van der Waals surface area contributed by atoms with E-state index in [-0.39, 0.29) is 16.0 Å².